The van der Waals surface area contributed by atoms with Crippen LogP contribution in [-0.2, 0) is 4.79 Å². The molecule has 0 bridgehead atoms. The highest BCUT2D eigenvalue weighted by atomic mass is 16.2. The fourth-order valence-electron chi connectivity index (χ4n) is 1.39. The number of benzene rings is 1. The van der Waals surface area contributed by atoms with Crippen LogP contribution < -0.4 is 10.6 Å². The van der Waals surface area contributed by atoms with Crippen molar-refractivity contribution in [1.82, 2.24) is 5.32 Å². The van der Waals surface area contributed by atoms with Crippen LogP contribution in [0.15, 0.2) is 30.3 Å². The van der Waals surface area contributed by atoms with Gasteiger partial charge in [-0.3, -0.25) is 4.79 Å². The SMILES string of the molecule is CCCCNC(=O)C(C)Nc1ccccc1. The summed E-state index contributed by atoms with van der Waals surface area (Å²) < 4.78 is 0. The third-order valence-corrected chi connectivity index (χ3v) is 2.38. The fourth-order valence-corrected chi connectivity index (χ4v) is 1.39. The molecular formula is C13H20N2O. The second-order valence-electron chi connectivity index (χ2n) is 3.88. The molecule has 1 amide bonds. The number of unbranched alkanes of at least 4 members (excludes halogenated alkanes) is 1. The molecule has 1 aromatic rings. The molecule has 3 nitrogen and oxygen atoms in total. The maximum Gasteiger partial charge on any atom is 0.242 e. The van der Waals surface area contributed by atoms with Crippen molar-refractivity contribution in [2.45, 2.75) is 32.7 Å². The lowest BCUT2D eigenvalue weighted by atomic mass is 10.2. The van der Waals surface area contributed by atoms with E-state index >= 15 is 0 Å². The molecule has 0 aliphatic heterocycles. The summed E-state index contributed by atoms with van der Waals surface area (Å²) in [5.41, 5.74) is 0.973. The van der Waals surface area contributed by atoms with Crippen LogP contribution >= 0.6 is 0 Å². The maximum absolute atomic E-state index is 11.6. The van der Waals surface area contributed by atoms with Gasteiger partial charge in [0.05, 0.1) is 0 Å². The summed E-state index contributed by atoms with van der Waals surface area (Å²) in [4.78, 5) is 11.6. The number of nitrogens with one attached hydrogen (secondary N) is 2. The van der Waals surface area contributed by atoms with E-state index in [0.29, 0.717) is 0 Å². The number of rotatable bonds is 6. The second-order valence-corrected chi connectivity index (χ2v) is 3.88. The molecule has 3 heteroatoms. The van der Waals surface area contributed by atoms with Gasteiger partial charge in [-0.15, -0.1) is 0 Å². The van der Waals surface area contributed by atoms with Crippen molar-refractivity contribution in [1.29, 1.82) is 0 Å². The molecule has 1 aromatic carbocycles. The van der Waals surface area contributed by atoms with Gasteiger partial charge in [-0.2, -0.15) is 0 Å². The van der Waals surface area contributed by atoms with Gasteiger partial charge in [-0.05, 0) is 25.5 Å². The first-order chi connectivity index (χ1) is 7.74. The topological polar surface area (TPSA) is 41.1 Å². The van der Waals surface area contributed by atoms with Crippen molar-refractivity contribution >= 4 is 11.6 Å². The summed E-state index contributed by atoms with van der Waals surface area (Å²) in [6.07, 6.45) is 2.13. The summed E-state index contributed by atoms with van der Waals surface area (Å²) in [6.45, 7) is 4.74. The number of anilines is 1. The normalized spacial score (nSPS) is 11.9. The smallest absolute Gasteiger partial charge is 0.242 e. The number of hydrogen-bond donors (Lipinski definition) is 2. The molecular weight excluding hydrogens is 200 g/mol. The van der Waals surface area contributed by atoms with Crippen LogP contribution in [0.4, 0.5) is 5.69 Å². The summed E-state index contributed by atoms with van der Waals surface area (Å²) in [7, 11) is 0. The van der Waals surface area contributed by atoms with E-state index in [4.69, 9.17) is 0 Å². The summed E-state index contributed by atoms with van der Waals surface area (Å²) >= 11 is 0. The van der Waals surface area contributed by atoms with Gasteiger partial charge in [0.2, 0.25) is 5.91 Å². The van der Waals surface area contributed by atoms with Crippen LogP contribution in [0.5, 0.6) is 0 Å². The molecule has 0 spiro atoms. The lowest BCUT2D eigenvalue weighted by molar-refractivity contribution is -0.121. The zero-order chi connectivity index (χ0) is 11.8. The Morgan fingerprint density at radius 1 is 1.31 bits per heavy atom. The number of carbonyl (C=O) groups is 1. The number of carbonyl (C=O) groups excluding carboxylic acids is 1. The number of para-hydroxylation sites is 1. The molecule has 0 heterocycles. The predicted octanol–water partition coefficient (Wildman–Crippen LogP) is 2.40. The van der Waals surface area contributed by atoms with E-state index in [2.05, 4.69) is 17.6 Å². The molecule has 0 fully saturated rings. The first kappa shape index (κ1) is 12.6. The fraction of sp³-hybridized carbons (Fsp3) is 0.462. The Kier molecular flexibility index (Phi) is 5.40. The number of hydrogen-bond acceptors (Lipinski definition) is 2. The van der Waals surface area contributed by atoms with E-state index in [1.54, 1.807) is 0 Å². The Hall–Kier alpha value is -1.51. The zero-order valence-electron chi connectivity index (χ0n) is 9.99. The Morgan fingerprint density at radius 2 is 2.00 bits per heavy atom. The van der Waals surface area contributed by atoms with Crippen molar-refractivity contribution in [3.63, 3.8) is 0 Å². The predicted molar refractivity (Wildman–Crippen MR) is 67.4 cm³/mol. The van der Waals surface area contributed by atoms with Crippen molar-refractivity contribution in [3.05, 3.63) is 30.3 Å². The molecule has 0 radical (unpaired) electrons. The van der Waals surface area contributed by atoms with Gasteiger partial charge in [0.25, 0.3) is 0 Å². The molecule has 1 atom stereocenters. The van der Waals surface area contributed by atoms with Gasteiger partial charge in [0.1, 0.15) is 6.04 Å². The molecule has 88 valence electrons. The Bertz CT molecular complexity index is 311. The third-order valence-electron chi connectivity index (χ3n) is 2.38. The highest BCUT2D eigenvalue weighted by Gasteiger charge is 2.10. The van der Waals surface area contributed by atoms with Gasteiger partial charge in [0, 0.05) is 12.2 Å². The van der Waals surface area contributed by atoms with E-state index in [1.807, 2.05) is 37.3 Å². The number of amides is 1. The molecule has 1 unspecified atom stereocenters. The summed E-state index contributed by atoms with van der Waals surface area (Å²) in [5, 5.41) is 6.06. The average Bonchev–Trinajstić information content (AvgIpc) is 2.30. The molecule has 2 N–H and O–H groups in total. The van der Waals surface area contributed by atoms with Crippen LogP contribution in [0.25, 0.3) is 0 Å². The average molecular weight is 220 g/mol. The minimum Gasteiger partial charge on any atom is -0.374 e. The highest BCUT2D eigenvalue weighted by Crippen LogP contribution is 2.06. The van der Waals surface area contributed by atoms with Crippen LogP contribution in [0.2, 0.25) is 0 Å². The van der Waals surface area contributed by atoms with Crippen molar-refractivity contribution in [2.24, 2.45) is 0 Å². The molecule has 16 heavy (non-hydrogen) atoms. The van der Waals surface area contributed by atoms with Crippen molar-refractivity contribution in [2.75, 3.05) is 11.9 Å². The largest absolute Gasteiger partial charge is 0.374 e. The third kappa shape index (κ3) is 4.34. The Morgan fingerprint density at radius 3 is 2.62 bits per heavy atom. The van der Waals surface area contributed by atoms with Gasteiger partial charge in [-0.25, -0.2) is 0 Å². The maximum atomic E-state index is 11.6. The summed E-state index contributed by atoms with van der Waals surface area (Å²) in [5.74, 6) is 0.0531. The molecule has 0 aliphatic carbocycles. The Labute approximate surface area is 97.2 Å². The standard InChI is InChI=1S/C13H20N2O/c1-3-4-10-14-13(16)11(2)15-12-8-6-5-7-9-12/h5-9,11,15H,3-4,10H2,1-2H3,(H,14,16). The van der Waals surface area contributed by atoms with Gasteiger partial charge < -0.3 is 10.6 Å². The lowest BCUT2D eigenvalue weighted by Crippen LogP contribution is -2.37. The van der Waals surface area contributed by atoms with E-state index in [-0.39, 0.29) is 11.9 Å². The van der Waals surface area contributed by atoms with Crippen molar-refractivity contribution < 1.29 is 4.79 Å². The molecule has 0 saturated heterocycles. The van der Waals surface area contributed by atoms with Gasteiger partial charge in [-0.1, -0.05) is 31.5 Å². The van der Waals surface area contributed by atoms with Gasteiger partial charge >= 0.3 is 0 Å². The van der Waals surface area contributed by atoms with E-state index in [9.17, 15) is 4.79 Å². The minimum atomic E-state index is -0.195. The van der Waals surface area contributed by atoms with E-state index < -0.39 is 0 Å². The Balaban J connectivity index is 2.34. The first-order valence-corrected chi connectivity index (χ1v) is 5.83. The minimum absolute atomic E-state index is 0.0531. The molecule has 0 aliphatic rings. The van der Waals surface area contributed by atoms with Crippen LogP contribution in [0.1, 0.15) is 26.7 Å². The zero-order valence-corrected chi connectivity index (χ0v) is 9.99. The van der Waals surface area contributed by atoms with Crippen molar-refractivity contribution in [3.8, 4) is 0 Å². The highest BCUT2D eigenvalue weighted by molar-refractivity contribution is 5.84. The van der Waals surface area contributed by atoms with E-state index in [1.165, 1.54) is 0 Å². The molecule has 0 aromatic heterocycles. The van der Waals surface area contributed by atoms with E-state index in [0.717, 1.165) is 25.1 Å². The van der Waals surface area contributed by atoms with Crippen LogP contribution in [0.3, 0.4) is 0 Å². The molecule has 1 rings (SSSR count). The molecule has 0 saturated carbocycles. The lowest BCUT2D eigenvalue weighted by Gasteiger charge is -2.14. The second kappa shape index (κ2) is 6.88. The quantitative estimate of drug-likeness (QED) is 0.723. The monoisotopic (exact) mass is 220 g/mol. The first-order valence-electron chi connectivity index (χ1n) is 5.83. The van der Waals surface area contributed by atoms with Gasteiger partial charge in [0.15, 0.2) is 0 Å². The summed E-state index contributed by atoms with van der Waals surface area (Å²) in [6, 6.07) is 9.57. The van der Waals surface area contributed by atoms with Crippen LogP contribution in [0, 0.1) is 0 Å². The van der Waals surface area contributed by atoms with Crippen LogP contribution in [-0.4, -0.2) is 18.5 Å².